The molecule has 364 valence electrons. The summed E-state index contributed by atoms with van der Waals surface area (Å²) in [6, 6.07) is 20.1. The summed E-state index contributed by atoms with van der Waals surface area (Å²) in [6.45, 7) is 3.39. The van der Waals surface area contributed by atoms with Gasteiger partial charge in [-0.25, -0.2) is 0 Å². The standard InChI is InChI=1S/C51H56N10O9/c1-27(2)45(51(70)60-42(21-30-25-55-38-13-7-4-10-34(30)38)49(68)57-40(46(53)65)20-29-24-54-37-12-6-3-9-33(29)37)61-50(69)43(22-31-26-56-39-14-8-5-11-35(31)39)59-48(67)41(19-28-15-17-32(62)18-16-28)58-47(66)36(52)23-44(63)64/h3-18,24-27,36,40-43,45,54-56,62H,19-23,52H2,1-2H3,(H2,53,65)(H,57,68)(H,58,66)(H,59,67)(H,60,70)(H,61,69)(H,63,64)/t36-,40-,41-,42+,43+,45-/m0/s1. The van der Waals surface area contributed by atoms with E-state index in [0.717, 1.165) is 38.3 Å². The summed E-state index contributed by atoms with van der Waals surface area (Å²) in [5.74, 6) is -6.73. The fourth-order valence-electron chi connectivity index (χ4n) is 8.43. The number of carboxylic acid groups (broad SMARTS) is 1. The Morgan fingerprint density at radius 1 is 0.514 bits per heavy atom. The smallest absolute Gasteiger partial charge is 0.305 e. The number of aromatic amines is 3. The lowest BCUT2D eigenvalue weighted by Crippen LogP contribution is -2.61. The Kier molecular flexibility index (Phi) is 15.6. The van der Waals surface area contributed by atoms with Crippen molar-refractivity contribution in [1.29, 1.82) is 0 Å². The summed E-state index contributed by atoms with van der Waals surface area (Å²) < 4.78 is 0. The maximum Gasteiger partial charge on any atom is 0.305 e. The van der Waals surface area contributed by atoms with E-state index < -0.39 is 90.0 Å². The maximum absolute atomic E-state index is 14.7. The van der Waals surface area contributed by atoms with Gasteiger partial charge in [-0.2, -0.15) is 0 Å². The van der Waals surface area contributed by atoms with Gasteiger partial charge < -0.3 is 63.2 Å². The molecule has 4 aromatic carbocycles. The second-order valence-electron chi connectivity index (χ2n) is 17.6. The number of benzene rings is 4. The molecule has 3 aromatic heterocycles. The maximum atomic E-state index is 14.7. The highest BCUT2D eigenvalue weighted by Crippen LogP contribution is 2.23. The topological polar surface area (TPSA) is 320 Å². The number of nitrogens with one attached hydrogen (secondary N) is 8. The lowest BCUT2D eigenvalue weighted by atomic mass is 9.98. The minimum Gasteiger partial charge on any atom is -0.508 e. The van der Waals surface area contributed by atoms with Crippen LogP contribution in [0.25, 0.3) is 32.7 Å². The number of phenolic OH excluding ortho intramolecular Hbond substituents is 1. The molecule has 0 saturated carbocycles. The molecule has 0 saturated heterocycles. The number of carboxylic acids is 1. The SMILES string of the molecule is CC(C)[C@H](NC(=O)[C@@H](Cc1c[nH]c2ccccc12)NC(=O)[C@H](Cc1ccc(O)cc1)NC(=O)[C@@H](N)CC(=O)O)C(=O)N[C@H](Cc1c[nH]c2ccccc12)C(=O)N[C@@H](Cc1c[nH]c2ccccc12)C(N)=O. The Bertz CT molecular complexity index is 3030. The Morgan fingerprint density at radius 3 is 1.34 bits per heavy atom. The number of para-hydroxylation sites is 3. The molecule has 6 atom stereocenters. The van der Waals surface area contributed by atoms with Gasteiger partial charge in [-0.1, -0.05) is 80.6 Å². The molecule has 7 rings (SSSR count). The number of amides is 6. The first kappa shape index (κ1) is 49.5. The van der Waals surface area contributed by atoms with Gasteiger partial charge in [0.1, 0.15) is 36.0 Å². The summed E-state index contributed by atoms with van der Waals surface area (Å²) in [4.78, 5) is 105. The molecule has 14 N–H and O–H groups in total. The highest BCUT2D eigenvalue weighted by atomic mass is 16.4. The fraction of sp³-hybridized carbons (Fsp3) is 0.275. The molecule has 0 aliphatic heterocycles. The van der Waals surface area contributed by atoms with Crippen LogP contribution in [0.3, 0.4) is 0 Å². The zero-order valence-electron chi connectivity index (χ0n) is 38.5. The Morgan fingerprint density at radius 2 is 0.900 bits per heavy atom. The Labute approximate surface area is 401 Å². The molecule has 6 amide bonds. The molecule has 19 heteroatoms. The molecule has 0 radical (unpaired) electrons. The number of nitrogens with two attached hydrogens (primary N) is 2. The van der Waals surface area contributed by atoms with E-state index >= 15 is 0 Å². The molecular weight excluding hydrogens is 897 g/mol. The van der Waals surface area contributed by atoms with Crippen LogP contribution in [-0.2, 0) is 59.2 Å². The molecular formula is C51H56N10O9. The summed E-state index contributed by atoms with van der Waals surface area (Å²) in [7, 11) is 0. The van der Waals surface area contributed by atoms with Crippen molar-refractivity contribution >= 4 is 74.1 Å². The van der Waals surface area contributed by atoms with Crippen molar-refractivity contribution in [2.75, 3.05) is 0 Å². The molecule has 3 heterocycles. The predicted molar refractivity (Wildman–Crippen MR) is 262 cm³/mol. The van der Waals surface area contributed by atoms with Crippen molar-refractivity contribution in [2.24, 2.45) is 17.4 Å². The largest absolute Gasteiger partial charge is 0.508 e. The minimum atomic E-state index is -1.51. The lowest BCUT2D eigenvalue weighted by molar-refractivity contribution is -0.140. The number of aromatic nitrogens is 3. The van der Waals surface area contributed by atoms with Crippen LogP contribution in [0.4, 0.5) is 0 Å². The van der Waals surface area contributed by atoms with Crippen LogP contribution in [0.5, 0.6) is 5.75 Å². The van der Waals surface area contributed by atoms with Gasteiger partial charge in [0, 0.05) is 77.0 Å². The normalized spacial score (nSPS) is 14.0. The van der Waals surface area contributed by atoms with Gasteiger partial charge in [0.15, 0.2) is 0 Å². The number of fused-ring (bicyclic) bond motifs is 3. The average Bonchev–Trinajstić information content (AvgIpc) is 4.07. The van der Waals surface area contributed by atoms with E-state index in [1.54, 1.807) is 32.4 Å². The number of hydrogen-bond acceptors (Lipinski definition) is 9. The van der Waals surface area contributed by atoms with Crippen molar-refractivity contribution in [2.45, 2.75) is 82.2 Å². The van der Waals surface area contributed by atoms with Crippen LogP contribution in [-0.4, -0.2) is 103 Å². The van der Waals surface area contributed by atoms with Crippen LogP contribution in [0.2, 0.25) is 0 Å². The predicted octanol–water partition coefficient (Wildman–Crippen LogP) is 2.47. The second-order valence-corrected chi connectivity index (χ2v) is 17.6. The van der Waals surface area contributed by atoms with E-state index in [0.29, 0.717) is 16.7 Å². The molecule has 0 unspecified atom stereocenters. The number of rotatable bonds is 22. The van der Waals surface area contributed by atoms with Crippen molar-refractivity contribution < 1.29 is 43.8 Å². The third-order valence-electron chi connectivity index (χ3n) is 12.2. The highest BCUT2D eigenvalue weighted by Gasteiger charge is 2.35. The number of primary amides is 1. The van der Waals surface area contributed by atoms with Gasteiger partial charge in [0.05, 0.1) is 12.5 Å². The molecule has 7 aromatic rings. The first-order valence-corrected chi connectivity index (χ1v) is 22.8. The molecule has 0 aliphatic rings. The van der Waals surface area contributed by atoms with E-state index in [-0.39, 0.29) is 31.4 Å². The molecule has 0 aliphatic carbocycles. The fourth-order valence-corrected chi connectivity index (χ4v) is 8.43. The summed E-state index contributed by atoms with van der Waals surface area (Å²) in [6.07, 6.45) is 4.24. The van der Waals surface area contributed by atoms with Gasteiger partial charge in [0.25, 0.3) is 0 Å². The van der Waals surface area contributed by atoms with Crippen LogP contribution in [0.15, 0.2) is 116 Å². The van der Waals surface area contributed by atoms with Crippen LogP contribution >= 0.6 is 0 Å². The van der Waals surface area contributed by atoms with Gasteiger partial charge in [-0.05, 0) is 58.5 Å². The van der Waals surface area contributed by atoms with Crippen molar-refractivity contribution in [3.05, 3.63) is 138 Å². The third kappa shape index (κ3) is 12.2. The van der Waals surface area contributed by atoms with E-state index in [1.165, 1.54) is 24.3 Å². The zero-order chi connectivity index (χ0) is 50.1. The molecule has 0 fully saturated rings. The van der Waals surface area contributed by atoms with E-state index in [9.17, 15) is 43.8 Å². The highest BCUT2D eigenvalue weighted by molar-refractivity contribution is 5.98. The first-order valence-electron chi connectivity index (χ1n) is 22.8. The zero-order valence-corrected chi connectivity index (χ0v) is 38.5. The average molecular weight is 953 g/mol. The van der Waals surface area contributed by atoms with Gasteiger partial charge in [-0.3, -0.25) is 33.6 Å². The quantitative estimate of drug-likeness (QED) is 0.0471. The Balaban J connectivity index is 1.15. The number of carbonyl (C=O) groups is 7. The van der Waals surface area contributed by atoms with E-state index in [4.69, 9.17) is 11.5 Å². The Hall–Kier alpha value is -8.45. The monoisotopic (exact) mass is 952 g/mol. The van der Waals surface area contributed by atoms with Gasteiger partial charge >= 0.3 is 5.97 Å². The number of aromatic hydroxyl groups is 1. The van der Waals surface area contributed by atoms with Crippen molar-refractivity contribution in [3.63, 3.8) is 0 Å². The lowest BCUT2D eigenvalue weighted by Gasteiger charge is -2.29. The number of carbonyl (C=O) groups excluding carboxylic acids is 6. The summed E-state index contributed by atoms with van der Waals surface area (Å²) in [5.41, 5.74) is 16.7. The van der Waals surface area contributed by atoms with E-state index in [1.807, 2.05) is 72.8 Å². The minimum absolute atomic E-state index is 0.0254. The van der Waals surface area contributed by atoms with Gasteiger partial charge in [-0.15, -0.1) is 0 Å². The molecule has 19 nitrogen and oxygen atoms in total. The van der Waals surface area contributed by atoms with E-state index in [2.05, 4.69) is 41.5 Å². The number of phenols is 1. The van der Waals surface area contributed by atoms with Gasteiger partial charge in [0.2, 0.25) is 35.4 Å². The molecule has 70 heavy (non-hydrogen) atoms. The van der Waals surface area contributed by atoms with Crippen molar-refractivity contribution in [3.8, 4) is 5.75 Å². The van der Waals surface area contributed by atoms with Crippen LogP contribution in [0.1, 0.15) is 42.5 Å². The first-order chi connectivity index (χ1) is 33.5. The summed E-state index contributed by atoms with van der Waals surface area (Å²) in [5, 5.41) is 35.3. The van der Waals surface area contributed by atoms with Crippen LogP contribution in [0, 0.1) is 5.92 Å². The number of aliphatic carboxylic acids is 1. The molecule has 0 spiro atoms. The van der Waals surface area contributed by atoms with Crippen molar-refractivity contribution in [1.82, 2.24) is 41.5 Å². The van der Waals surface area contributed by atoms with Crippen LogP contribution < -0.4 is 38.1 Å². The number of hydrogen-bond donors (Lipinski definition) is 12. The number of H-pyrrole nitrogens is 3. The third-order valence-corrected chi connectivity index (χ3v) is 12.2. The second kappa shape index (κ2) is 22.1. The molecule has 0 bridgehead atoms. The summed E-state index contributed by atoms with van der Waals surface area (Å²) >= 11 is 0.